The van der Waals surface area contributed by atoms with Crippen LogP contribution in [0.25, 0.3) is 5.57 Å². The van der Waals surface area contributed by atoms with Gasteiger partial charge in [0.1, 0.15) is 11.6 Å². The van der Waals surface area contributed by atoms with Gasteiger partial charge in [0.15, 0.2) is 0 Å². The molecule has 0 saturated heterocycles. The van der Waals surface area contributed by atoms with Crippen LogP contribution in [-0.2, 0) is 9.05 Å². The standard InChI is InChI=1S/C13H11ClF2O2S/c1-8-6-10(19(14,17)18)3-5-11(8)12-4-2-9(15)7-13(12)16/h2-5,7-8H,6H2,1H3. The lowest BCUT2D eigenvalue weighted by molar-refractivity contribution is 0.578. The molecule has 0 radical (unpaired) electrons. The van der Waals surface area contributed by atoms with Crippen molar-refractivity contribution >= 4 is 25.3 Å². The third kappa shape index (κ3) is 3.04. The van der Waals surface area contributed by atoms with Crippen LogP contribution in [0.4, 0.5) is 8.78 Å². The maximum atomic E-state index is 13.7. The zero-order valence-electron chi connectivity index (χ0n) is 10.0. The molecule has 0 aromatic heterocycles. The molecular formula is C13H11ClF2O2S. The molecule has 0 fully saturated rings. The van der Waals surface area contributed by atoms with Crippen LogP contribution in [0.1, 0.15) is 18.9 Å². The summed E-state index contributed by atoms with van der Waals surface area (Å²) in [4.78, 5) is 0.105. The van der Waals surface area contributed by atoms with E-state index in [9.17, 15) is 17.2 Å². The predicted molar refractivity (Wildman–Crippen MR) is 71.0 cm³/mol. The Balaban J connectivity index is 2.46. The van der Waals surface area contributed by atoms with E-state index in [-0.39, 0.29) is 22.8 Å². The van der Waals surface area contributed by atoms with E-state index in [4.69, 9.17) is 10.7 Å². The number of benzene rings is 1. The minimum absolute atomic E-state index is 0.105. The number of halogens is 3. The Hall–Kier alpha value is -1.20. The summed E-state index contributed by atoms with van der Waals surface area (Å²) < 4.78 is 49.0. The summed E-state index contributed by atoms with van der Waals surface area (Å²) in [5.41, 5.74) is 0.901. The molecule has 1 unspecified atom stereocenters. The highest BCUT2D eigenvalue weighted by atomic mass is 35.7. The quantitative estimate of drug-likeness (QED) is 0.778. The first kappa shape index (κ1) is 14.2. The maximum absolute atomic E-state index is 13.7. The average molecular weight is 305 g/mol. The van der Waals surface area contributed by atoms with E-state index in [2.05, 4.69) is 0 Å². The van der Waals surface area contributed by atoms with Crippen LogP contribution in [0.5, 0.6) is 0 Å². The first-order valence-corrected chi connectivity index (χ1v) is 7.91. The normalized spacial score (nSPS) is 19.9. The molecule has 2 nitrogen and oxygen atoms in total. The lowest BCUT2D eigenvalue weighted by atomic mass is 9.88. The Kier molecular flexibility index (Phi) is 3.78. The van der Waals surface area contributed by atoms with Crippen LogP contribution in [0, 0.1) is 17.6 Å². The van der Waals surface area contributed by atoms with Gasteiger partial charge in [-0.2, -0.15) is 0 Å². The van der Waals surface area contributed by atoms with Gasteiger partial charge in [0.05, 0.1) is 4.91 Å². The van der Waals surface area contributed by atoms with Crippen LogP contribution in [0.2, 0.25) is 0 Å². The van der Waals surface area contributed by atoms with Gasteiger partial charge in [-0.1, -0.05) is 13.0 Å². The van der Waals surface area contributed by atoms with Gasteiger partial charge < -0.3 is 0 Å². The van der Waals surface area contributed by atoms with Crippen LogP contribution in [0.15, 0.2) is 35.3 Å². The highest BCUT2D eigenvalue weighted by Gasteiger charge is 2.24. The monoisotopic (exact) mass is 304 g/mol. The molecule has 19 heavy (non-hydrogen) atoms. The summed E-state index contributed by atoms with van der Waals surface area (Å²) >= 11 is 0. The number of hydrogen-bond acceptors (Lipinski definition) is 2. The van der Waals surface area contributed by atoms with Crippen molar-refractivity contribution in [3.05, 3.63) is 52.5 Å². The third-order valence-corrected chi connectivity index (χ3v) is 4.57. The Morgan fingerprint density at radius 3 is 2.47 bits per heavy atom. The molecule has 0 amide bonds. The molecule has 1 atom stereocenters. The zero-order valence-corrected chi connectivity index (χ0v) is 11.6. The molecular weight excluding hydrogens is 294 g/mol. The molecule has 2 rings (SSSR count). The van der Waals surface area contributed by atoms with Gasteiger partial charge in [-0.25, -0.2) is 17.2 Å². The van der Waals surface area contributed by atoms with Crippen molar-refractivity contribution < 1.29 is 17.2 Å². The molecule has 1 aromatic rings. The van der Waals surface area contributed by atoms with Gasteiger partial charge in [0.25, 0.3) is 9.05 Å². The first-order chi connectivity index (χ1) is 8.79. The van der Waals surface area contributed by atoms with Gasteiger partial charge in [0, 0.05) is 22.3 Å². The van der Waals surface area contributed by atoms with E-state index in [1.807, 2.05) is 0 Å². The molecule has 0 bridgehead atoms. The van der Waals surface area contributed by atoms with E-state index < -0.39 is 20.7 Å². The third-order valence-electron chi connectivity index (χ3n) is 3.04. The van der Waals surface area contributed by atoms with Crippen molar-refractivity contribution in [1.82, 2.24) is 0 Å². The molecule has 1 aliphatic rings. The fraction of sp³-hybridized carbons (Fsp3) is 0.231. The van der Waals surface area contributed by atoms with Gasteiger partial charge in [-0.05, 0) is 36.1 Å². The highest BCUT2D eigenvalue weighted by Crippen LogP contribution is 2.36. The molecule has 1 aromatic carbocycles. The molecule has 0 spiro atoms. The lowest BCUT2D eigenvalue weighted by Crippen LogP contribution is -2.09. The second-order valence-electron chi connectivity index (χ2n) is 4.42. The Morgan fingerprint density at radius 2 is 1.95 bits per heavy atom. The topological polar surface area (TPSA) is 34.1 Å². The second kappa shape index (κ2) is 5.06. The van der Waals surface area contributed by atoms with E-state index in [1.54, 1.807) is 6.92 Å². The van der Waals surface area contributed by atoms with Gasteiger partial charge in [-0.3, -0.25) is 0 Å². The molecule has 0 N–H and O–H groups in total. The predicted octanol–water partition coefficient (Wildman–Crippen LogP) is 3.84. The number of hydrogen-bond donors (Lipinski definition) is 0. The van der Waals surface area contributed by atoms with E-state index >= 15 is 0 Å². The highest BCUT2D eigenvalue weighted by molar-refractivity contribution is 8.16. The summed E-state index contributed by atoms with van der Waals surface area (Å²) in [6, 6.07) is 3.32. The number of allylic oxidation sites excluding steroid dienone is 4. The van der Waals surface area contributed by atoms with Gasteiger partial charge in [-0.15, -0.1) is 0 Å². The molecule has 0 saturated carbocycles. The van der Waals surface area contributed by atoms with Crippen molar-refractivity contribution in [2.24, 2.45) is 5.92 Å². The molecule has 1 aliphatic carbocycles. The molecule has 102 valence electrons. The molecule has 0 heterocycles. The van der Waals surface area contributed by atoms with E-state index in [1.165, 1.54) is 24.3 Å². The smallest absolute Gasteiger partial charge is 0.207 e. The van der Waals surface area contributed by atoms with E-state index in [0.29, 0.717) is 5.57 Å². The Labute approximate surface area is 114 Å². The van der Waals surface area contributed by atoms with Crippen molar-refractivity contribution in [2.75, 3.05) is 0 Å². The van der Waals surface area contributed by atoms with Crippen LogP contribution >= 0.6 is 10.7 Å². The van der Waals surface area contributed by atoms with Crippen LogP contribution < -0.4 is 0 Å². The molecule has 6 heteroatoms. The minimum atomic E-state index is -3.75. The van der Waals surface area contributed by atoms with Crippen molar-refractivity contribution in [3.8, 4) is 0 Å². The van der Waals surface area contributed by atoms with Crippen molar-refractivity contribution in [1.29, 1.82) is 0 Å². The van der Waals surface area contributed by atoms with Crippen LogP contribution in [0.3, 0.4) is 0 Å². The fourth-order valence-electron chi connectivity index (χ4n) is 2.09. The summed E-state index contributed by atoms with van der Waals surface area (Å²) in [5.74, 6) is -1.53. The number of rotatable bonds is 2. The second-order valence-corrected chi connectivity index (χ2v) is 7.04. The summed E-state index contributed by atoms with van der Waals surface area (Å²) in [6.07, 6.45) is 3.08. The Morgan fingerprint density at radius 1 is 1.26 bits per heavy atom. The van der Waals surface area contributed by atoms with E-state index in [0.717, 1.165) is 6.07 Å². The lowest BCUT2D eigenvalue weighted by Gasteiger charge is -2.21. The minimum Gasteiger partial charge on any atom is -0.207 e. The Bertz CT molecular complexity index is 678. The molecule has 0 aliphatic heterocycles. The van der Waals surface area contributed by atoms with Crippen molar-refractivity contribution in [3.63, 3.8) is 0 Å². The maximum Gasteiger partial charge on any atom is 0.257 e. The van der Waals surface area contributed by atoms with Crippen LogP contribution in [-0.4, -0.2) is 8.42 Å². The van der Waals surface area contributed by atoms with Gasteiger partial charge in [0.2, 0.25) is 0 Å². The van der Waals surface area contributed by atoms with Crippen molar-refractivity contribution in [2.45, 2.75) is 13.3 Å². The summed E-state index contributed by atoms with van der Waals surface area (Å²) in [7, 11) is 1.53. The average Bonchev–Trinajstić information content (AvgIpc) is 2.28. The fourth-order valence-corrected chi connectivity index (χ4v) is 3.11. The largest absolute Gasteiger partial charge is 0.257 e. The first-order valence-electron chi connectivity index (χ1n) is 5.60. The SMILES string of the molecule is CC1CC(S(=O)(=O)Cl)=CC=C1c1ccc(F)cc1F. The summed E-state index contributed by atoms with van der Waals surface area (Å²) in [6.45, 7) is 1.77. The zero-order chi connectivity index (χ0) is 14.2. The summed E-state index contributed by atoms with van der Waals surface area (Å²) in [5, 5.41) is 0. The van der Waals surface area contributed by atoms with Gasteiger partial charge >= 0.3 is 0 Å².